The summed E-state index contributed by atoms with van der Waals surface area (Å²) in [4.78, 5) is 16.3. The molecule has 13 heteroatoms. The lowest BCUT2D eigenvalue weighted by molar-refractivity contribution is -0.274. The highest BCUT2D eigenvalue weighted by molar-refractivity contribution is 7.93. The van der Waals surface area contributed by atoms with Gasteiger partial charge in [0.15, 0.2) is 5.13 Å². The fourth-order valence-electron chi connectivity index (χ4n) is 2.60. The maximum Gasteiger partial charge on any atom is 0.573 e. The third kappa shape index (κ3) is 7.36. The Kier molecular flexibility index (Phi) is 7.43. The lowest BCUT2D eigenvalue weighted by atomic mass is 10.2. The number of amides is 1. The van der Waals surface area contributed by atoms with Gasteiger partial charge in [0.2, 0.25) is 5.91 Å². The van der Waals surface area contributed by atoms with E-state index < -0.39 is 22.1 Å². The Morgan fingerprint density at radius 2 is 1.70 bits per heavy atom. The number of nitrogens with zero attached hydrogens (tertiary/aromatic N) is 1. The quantitative estimate of drug-likeness (QED) is 0.450. The van der Waals surface area contributed by atoms with Crippen LogP contribution in [0, 0.1) is 0 Å². The number of methoxy groups -OCH3 is 1. The average molecular weight is 502 g/mol. The minimum atomic E-state index is -4.79. The van der Waals surface area contributed by atoms with Gasteiger partial charge in [0.1, 0.15) is 11.5 Å². The first kappa shape index (κ1) is 24.3. The first-order valence-corrected chi connectivity index (χ1v) is 11.7. The van der Waals surface area contributed by atoms with Crippen LogP contribution >= 0.6 is 11.3 Å². The van der Waals surface area contributed by atoms with E-state index in [1.165, 1.54) is 43.5 Å². The number of halogens is 3. The van der Waals surface area contributed by atoms with Crippen molar-refractivity contribution in [3.05, 3.63) is 59.6 Å². The molecule has 1 aromatic heterocycles. The van der Waals surface area contributed by atoms with E-state index in [0.717, 1.165) is 23.5 Å². The van der Waals surface area contributed by atoms with E-state index in [1.807, 2.05) is 0 Å². The molecule has 0 aliphatic heterocycles. The summed E-state index contributed by atoms with van der Waals surface area (Å²) < 4.78 is 72.6. The minimum Gasteiger partial charge on any atom is -0.497 e. The monoisotopic (exact) mass is 501 g/mol. The lowest BCUT2D eigenvalue weighted by Gasteiger charge is -2.09. The predicted molar refractivity (Wildman–Crippen MR) is 116 cm³/mol. The number of alkyl halides is 3. The Morgan fingerprint density at radius 3 is 2.30 bits per heavy atom. The van der Waals surface area contributed by atoms with Crippen LogP contribution < -0.4 is 19.5 Å². The number of aryl methyl sites for hydroxylation is 1. The van der Waals surface area contributed by atoms with E-state index in [0.29, 0.717) is 17.1 Å². The number of hydrogen-bond donors (Lipinski definition) is 2. The van der Waals surface area contributed by atoms with Crippen LogP contribution in [0.15, 0.2) is 58.8 Å². The van der Waals surface area contributed by atoms with Crippen LogP contribution in [0.3, 0.4) is 0 Å². The second kappa shape index (κ2) is 10.1. The summed E-state index contributed by atoms with van der Waals surface area (Å²) in [6.45, 7) is 0. The summed E-state index contributed by atoms with van der Waals surface area (Å²) in [6, 6.07) is 10.6. The van der Waals surface area contributed by atoms with Crippen molar-refractivity contribution in [2.45, 2.75) is 24.1 Å². The van der Waals surface area contributed by atoms with Gasteiger partial charge in [0.05, 0.1) is 17.7 Å². The van der Waals surface area contributed by atoms with Crippen LogP contribution in [0.5, 0.6) is 11.5 Å². The third-order valence-electron chi connectivity index (χ3n) is 4.12. The van der Waals surface area contributed by atoms with Gasteiger partial charge in [-0.2, -0.15) is 0 Å². The van der Waals surface area contributed by atoms with Crippen molar-refractivity contribution < 1.29 is 35.9 Å². The van der Waals surface area contributed by atoms with Gasteiger partial charge in [-0.3, -0.25) is 9.52 Å². The highest BCUT2D eigenvalue weighted by Crippen LogP contribution is 2.25. The van der Waals surface area contributed by atoms with Crippen LogP contribution in [0.25, 0.3) is 0 Å². The number of ether oxygens (including phenoxy) is 2. The SMILES string of the molecule is COc1ccc(S(=O)(=O)Nc2nc(CCC(=O)Nc3ccc(OC(F)(F)F)cc3)cs2)cc1. The number of anilines is 2. The van der Waals surface area contributed by atoms with Crippen molar-refractivity contribution in [2.75, 3.05) is 17.1 Å². The number of hydrogen-bond acceptors (Lipinski definition) is 7. The number of sulfonamides is 1. The van der Waals surface area contributed by atoms with Gasteiger partial charge in [0.25, 0.3) is 10.0 Å². The maximum absolute atomic E-state index is 12.5. The molecule has 0 atom stereocenters. The molecule has 0 saturated carbocycles. The molecule has 0 fully saturated rings. The second-order valence-corrected chi connectivity index (χ2v) is 9.09. The first-order valence-electron chi connectivity index (χ1n) is 9.31. The summed E-state index contributed by atoms with van der Waals surface area (Å²) in [5.74, 6) is -0.255. The van der Waals surface area contributed by atoms with E-state index in [9.17, 15) is 26.4 Å². The second-order valence-electron chi connectivity index (χ2n) is 6.55. The molecule has 1 heterocycles. The van der Waals surface area contributed by atoms with Crippen molar-refractivity contribution in [3.8, 4) is 11.5 Å². The van der Waals surface area contributed by atoms with Crippen LogP contribution in [-0.2, 0) is 21.2 Å². The zero-order chi connectivity index (χ0) is 24.1. The zero-order valence-corrected chi connectivity index (χ0v) is 18.7. The van der Waals surface area contributed by atoms with Crippen molar-refractivity contribution >= 4 is 38.1 Å². The van der Waals surface area contributed by atoms with Gasteiger partial charge in [0, 0.05) is 17.5 Å². The first-order chi connectivity index (χ1) is 15.5. The summed E-state index contributed by atoms with van der Waals surface area (Å²) in [5, 5.41) is 4.34. The van der Waals surface area contributed by atoms with Crippen LogP contribution in [-0.4, -0.2) is 32.8 Å². The molecule has 0 bridgehead atoms. The zero-order valence-electron chi connectivity index (χ0n) is 17.0. The topological polar surface area (TPSA) is 107 Å². The Bertz CT molecular complexity index is 1190. The number of carbonyl (C=O) groups is 1. The fraction of sp³-hybridized carbons (Fsp3) is 0.200. The Morgan fingerprint density at radius 1 is 1.06 bits per heavy atom. The van der Waals surface area contributed by atoms with Crippen LogP contribution in [0.4, 0.5) is 24.0 Å². The van der Waals surface area contributed by atoms with E-state index in [-0.39, 0.29) is 28.8 Å². The number of carbonyl (C=O) groups excluding carboxylic acids is 1. The third-order valence-corrected chi connectivity index (χ3v) is 6.41. The normalized spacial score (nSPS) is 11.6. The molecule has 1 amide bonds. The van der Waals surface area contributed by atoms with Crippen molar-refractivity contribution in [1.29, 1.82) is 0 Å². The van der Waals surface area contributed by atoms with Crippen molar-refractivity contribution in [3.63, 3.8) is 0 Å². The molecule has 176 valence electrons. The molecular weight excluding hydrogens is 483 g/mol. The van der Waals surface area contributed by atoms with E-state index in [4.69, 9.17) is 4.74 Å². The van der Waals surface area contributed by atoms with Gasteiger partial charge in [-0.05, 0) is 55.0 Å². The molecular formula is C20H18F3N3O5S2. The lowest BCUT2D eigenvalue weighted by Crippen LogP contribution is -2.17. The Hall–Kier alpha value is -3.32. The molecule has 0 radical (unpaired) electrons. The molecule has 0 saturated heterocycles. The molecule has 8 nitrogen and oxygen atoms in total. The molecule has 2 N–H and O–H groups in total. The van der Waals surface area contributed by atoms with Gasteiger partial charge < -0.3 is 14.8 Å². The molecule has 33 heavy (non-hydrogen) atoms. The van der Waals surface area contributed by atoms with E-state index in [1.54, 1.807) is 5.38 Å². The molecule has 0 spiro atoms. The molecule has 0 unspecified atom stereocenters. The Labute approximate surface area is 191 Å². The maximum atomic E-state index is 12.5. The highest BCUT2D eigenvalue weighted by atomic mass is 32.2. The van der Waals surface area contributed by atoms with E-state index >= 15 is 0 Å². The summed E-state index contributed by atoms with van der Waals surface area (Å²) in [7, 11) is -2.36. The summed E-state index contributed by atoms with van der Waals surface area (Å²) in [5.41, 5.74) is 0.817. The largest absolute Gasteiger partial charge is 0.573 e. The van der Waals surface area contributed by atoms with E-state index in [2.05, 4.69) is 19.8 Å². The smallest absolute Gasteiger partial charge is 0.497 e. The number of rotatable bonds is 9. The standard InChI is InChI=1S/C20H18F3N3O5S2/c1-30-15-7-9-17(10-8-15)33(28,29)26-19-25-14(12-32-19)4-11-18(27)24-13-2-5-16(6-3-13)31-20(21,22)23/h2-3,5-10,12H,4,11H2,1H3,(H,24,27)(H,25,26). The summed E-state index contributed by atoms with van der Waals surface area (Å²) >= 11 is 1.08. The van der Waals surface area contributed by atoms with Gasteiger partial charge >= 0.3 is 6.36 Å². The molecule has 3 rings (SSSR count). The molecule has 0 aliphatic carbocycles. The molecule has 0 aliphatic rings. The van der Waals surface area contributed by atoms with Gasteiger partial charge in [-0.1, -0.05) is 0 Å². The minimum absolute atomic E-state index is 0.0369. The highest BCUT2D eigenvalue weighted by Gasteiger charge is 2.31. The molecule has 2 aromatic carbocycles. The number of benzene rings is 2. The van der Waals surface area contributed by atoms with Crippen LogP contribution in [0.1, 0.15) is 12.1 Å². The molecule has 3 aromatic rings. The van der Waals surface area contributed by atoms with Gasteiger partial charge in [-0.25, -0.2) is 13.4 Å². The van der Waals surface area contributed by atoms with Crippen molar-refractivity contribution in [2.24, 2.45) is 0 Å². The van der Waals surface area contributed by atoms with Crippen molar-refractivity contribution in [1.82, 2.24) is 4.98 Å². The fourth-order valence-corrected chi connectivity index (χ4v) is 4.60. The Balaban J connectivity index is 1.51. The average Bonchev–Trinajstić information content (AvgIpc) is 3.19. The van der Waals surface area contributed by atoms with Crippen LogP contribution in [0.2, 0.25) is 0 Å². The number of nitrogens with one attached hydrogen (secondary N) is 2. The summed E-state index contributed by atoms with van der Waals surface area (Å²) in [6.07, 6.45) is -4.52. The number of aromatic nitrogens is 1. The van der Waals surface area contributed by atoms with Gasteiger partial charge in [-0.15, -0.1) is 24.5 Å². The predicted octanol–water partition coefficient (Wildman–Crippen LogP) is 4.42. The number of thiazole rings is 1.